The Kier molecular flexibility index (Phi) is 5.82. The van der Waals surface area contributed by atoms with E-state index < -0.39 is 0 Å². The molecule has 0 aliphatic heterocycles. The summed E-state index contributed by atoms with van der Waals surface area (Å²) in [7, 11) is 3.64. The molecule has 0 heterocycles. The Labute approximate surface area is 196 Å². The summed E-state index contributed by atoms with van der Waals surface area (Å²) in [6.45, 7) is 3.05. The van der Waals surface area contributed by atoms with Crippen molar-refractivity contribution >= 4 is 12.0 Å². The molecular formula is C28H35NO4. The molecule has 0 aromatic heterocycles. The van der Waals surface area contributed by atoms with Gasteiger partial charge in [0.25, 0.3) is 0 Å². The minimum absolute atomic E-state index is 0.00802. The van der Waals surface area contributed by atoms with Gasteiger partial charge in [-0.15, -0.1) is 0 Å². The highest BCUT2D eigenvalue weighted by Gasteiger charge is 2.63. The predicted octanol–water partition coefficient (Wildman–Crippen LogP) is 5.43. The second-order valence-electron chi connectivity index (χ2n) is 10.6. The molecule has 176 valence electrons. The number of oxime groups is 1. The molecule has 33 heavy (non-hydrogen) atoms. The number of hydrogen-bond donors (Lipinski definition) is 1. The number of ether oxygens (including phenoxy) is 2. The first kappa shape index (κ1) is 22.5. The molecule has 5 nitrogen and oxygen atoms in total. The zero-order valence-electron chi connectivity index (χ0n) is 20.0. The number of hydrogen-bond acceptors (Lipinski definition) is 5. The molecule has 0 saturated heterocycles. The van der Waals surface area contributed by atoms with Crippen molar-refractivity contribution in [1.82, 2.24) is 0 Å². The van der Waals surface area contributed by atoms with E-state index in [0.29, 0.717) is 24.9 Å². The van der Waals surface area contributed by atoms with Crippen LogP contribution in [0, 0.1) is 17.3 Å². The Morgan fingerprint density at radius 1 is 1.15 bits per heavy atom. The molecule has 0 unspecified atom stereocenters. The number of ketones is 1. The van der Waals surface area contributed by atoms with Crippen molar-refractivity contribution < 1.29 is 19.5 Å². The first-order valence-electron chi connectivity index (χ1n) is 12.2. The van der Waals surface area contributed by atoms with Crippen molar-refractivity contribution in [3.05, 3.63) is 58.2 Å². The topological polar surface area (TPSA) is 68.1 Å². The predicted molar refractivity (Wildman–Crippen MR) is 128 cm³/mol. The lowest BCUT2D eigenvalue weighted by Crippen LogP contribution is -2.54. The largest absolute Gasteiger partial charge is 0.411 e. The van der Waals surface area contributed by atoms with Crippen LogP contribution in [0.1, 0.15) is 68.9 Å². The number of carbonyl (C=O) groups excluding carboxylic acids is 1. The van der Waals surface area contributed by atoms with Crippen LogP contribution in [0.25, 0.3) is 0 Å². The third kappa shape index (κ3) is 3.43. The summed E-state index contributed by atoms with van der Waals surface area (Å²) in [5.74, 6) is 1.64. The molecule has 4 aliphatic carbocycles. The van der Waals surface area contributed by atoms with Gasteiger partial charge in [0.05, 0.1) is 18.4 Å². The molecule has 5 rings (SSSR count). The standard InChI is InChI=1S/C28H35NO4/c1-27-15-24(19-6-4-18(5-7-19)16-29-31)26-22-11-9-21(30)14-20(22)8-10-23(26)25(27)12-13-28(27,33-3)17-32-2/h4-7,14,16,23-25,31H,8-13,15,17H2,1-3H3/b29-16+/t23-,24+,25-,27-,28-/m0/s1. The molecule has 5 heteroatoms. The van der Waals surface area contributed by atoms with Gasteiger partial charge < -0.3 is 14.7 Å². The average Bonchev–Trinajstić information content (AvgIpc) is 3.11. The Balaban J connectivity index is 1.65. The SMILES string of the molecule is COC[C@@]1(OC)CC[C@H]2[C@@H]3CCC4=CC(=O)CCC4=C3[C@@H](c3ccc(/C=N/O)cc3)C[C@@]21C. The first-order chi connectivity index (χ1) is 16.0. The second-order valence-corrected chi connectivity index (χ2v) is 10.6. The Morgan fingerprint density at radius 3 is 2.64 bits per heavy atom. The fraction of sp³-hybridized carbons (Fsp3) is 0.571. The highest BCUT2D eigenvalue weighted by atomic mass is 16.5. The van der Waals surface area contributed by atoms with E-state index in [1.165, 1.54) is 22.9 Å². The van der Waals surface area contributed by atoms with Crippen LogP contribution in [0.15, 0.2) is 52.2 Å². The summed E-state index contributed by atoms with van der Waals surface area (Å²) in [6.07, 6.45) is 10.2. The van der Waals surface area contributed by atoms with Gasteiger partial charge in [-0.25, -0.2) is 0 Å². The highest BCUT2D eigenvalue weighted by Crippen LogP contribution is 2.67. The van der Waals surface area contributed by atoms with Gasteiger partial charge in [-0.3, -0.25) is 4.79 Å². The third-order valence-corrected chi connectivity index (χ3v) is 9.34. The van der Waals surface area contributed by atoms with Crippen LogP contribution in [0.5, 0.6) is 0 Å². The zero-order chi connectivity index (χ0) is 23.2. The quantitative estimate of drug-likeness (QED) is 0.370. The van der Waals surface area contributed by atoms with Crippen molar-refractivity contribution in [2.24, 2.45) is 22.4 Å². The van der Waals surface area contributed by atoms with Gasteiger partial charge in [-0.2, -0.15) is 0 Å². The first-order valence-corrected chi connectivity index (χ1v) is 12.2. The lowest BCUT2D eigenvalue weighted by atomic mass is 9.51. The van der Waals surface area contributed by atoms with Gasteiger partial charge >= 0.3 is 0 Å². The maximum absolute atomic E-state index is 12.2. The number of methoxy groups -OCH3 is 2. The second kappa shape index (κ2) is 8.52. The number of fused-ring (bicyclic) bond motifs is 4. The van der Waals surface area contributed by atoms with Crippen LogP contribution in [-0.2, 0) is 14.3 Å². The maximum atomic E-state index is 12.2. The van der Waals surface area contributed by atoms with E-state index in [1.807, 2.05) is 25.3 Å². The van der Waals surface area contributed by atoms with Crippen LogP contribution in [0.4, 0.5) is 0 Å². The van der Waals surface area contributed by atoms with Gasteiger partial charge in [0.2, 0.25) is 0 Å². The van der Waals surface area contributed by atoms with Crippen LogP contribution >= 0.6 is 0 Å². The Morgan fingerprint density at radius 2 is 1.94 bits per heavy atom. The molecular weight excluding hydrogens is 414 g/mol. The molecule has 0 radical (unpaired) electrons. The summed E-state index contributed by atoms with van der Waals surface area (Å²) in [6, 6.07) is 8.42. The number of carbonyl (C=O) groups is 1. The maximum Gasteiger partial charge on any atom is 0.156 e. The molecule has 1 aromatic carbocycles. The van der Waals surface area contributed by atoms with Gasteiger partial charge in [0, 0.05) is 32.0 Å². The van der Waals surface area contributed by atoms with Gasteiger partial charge in [-0.05, 0) is 78.7 Å². The van der Waals surface area contributed by atoms with E-state index in [-0.39, 0.29) is 22.7 Å². The van der Waals surface area contributed by atoms with Crippen molar-refractivity contribution in [3.8, 4) is 0 Å². The molecule has 1 N–H and O–H groups in total. The van der Waals surface area contributed by atoms with E-state index in [0.717, 1.165) is 44.1 Å². The Bertz CT molecular complexity index is 1020. The van der Waals surface area contributed by atoms with Crippen molar-refractivity contribution in [1.29, 1.82) is 0 Å². The number of benzene rings is 1. The zero-order valence-corrected chi connectivity index (χ0v) is 20.0. The van der Waals surface area contributed by atoms with Crippen molar-refractivity contribution in [2.45, 2.75) is 63.4 Å². The molecule has 5 atom stereocenters. The number of nitrogens with zero attached hydrogens (tertiary/aromatic N) is 1. The lowest BCUT2D eigenvalue weighted by Gasteiger charge is -2.55. The van der Waals surface area contributed by atoms with Gasteiger partial charge in [0.15, 0.2) is 5.78 Å². The minimum atomic E-state index is -0.275. The van der Waals surface area contributed by atoms with Crippen molar-refractivity contribution in [2.75, 3.05) is 20.8 Å². The van der Waals surface area contributed by atoms with Crippen LogP contribution in [0.3, 0.4) is 0 Å². The van der Waals surface area contributed by atoms with E-state index >= 15 is 0 Å². The van der Waals surface area contributed by atoms with E-state index in [9.17, 15) is 4.79 Å². The number of rotatable bonds is 5. The molecule has 2 saturated carbocycles. The number of allylic oxidation sites excluding steroid dienone is 4. The Hall–Kier alpha value is -2.24. The summed E-state index contributed by atoms with van der Waals surface area (Å²) >= 11 is 0. The monoisotopic (exact) mass is 449 g/mol. The van der Waals surface area contributed by atoms with Gasteiger partial charge in [0.1, 0.15) is 0 Å². The minimum Gasteiger partial charge on any atom is -0.411 e. The van der Waals surface area contributed by atoms with E-state index in [2.05, 4.69) is 24.2 Å². The smallest absolute Gasteiger partial charge is 0.156 e. The molecule has 2 fully saturated rings. The fourth-order valence-electron chi connectivity index (χ4n) is 7.78. The molecule has 0 amide bonds. The normalized spacial score (nSPS) is 35.9. The van der Waals surface area contributed by atoms with E-state index in [4.69, 9.17) is 14.7 Å². The lowest BCUT2D eigenvalue weighted by molar-refractivity contribution is -0.149. The highest BCUT2D eigenvalue weighted by molar-refractivity contribution is 5.93. The summed E-state index contributed by atoms with van der Waals surface area (Å²) < 4.78 is 12.0. The summed E-state index contributed by atoms with van der Waals surface area (Å²) in [5, 5.41) is 12.1. The molecule has 1 aromatic rings. The summed E-state index contributed by atoms with van der Waals surface area (Å²) in [5.41, 5.74) is 6.23. The van der Waals surface area contributed by atoms with E-state index in [1.54, 1.807) is 12.7 Å². The molecule has 0 spiro atoms. The molecule has 0 bridgehead atoms. The van der Waals surface area contributed by atoms with Crippen LogP contribution in [0.2, 0.25) is 0 Å². The van der Waals surface area contributed by atoms with Crippen LogP contribution in [-0.4, -0.2) is 43.6 Å². The fourth-order valence-corrected chi connectivity index (χ4v) is 7.78. The van der Waals surface area contributed by atoms with Crippen molar-refractivity contribution in [3.63, 3.8) is 0 Å². The van der Waals surface area contributed by atoms with Gasteiger partial charge in [-0.1, -0.05) is 41.9 Å². The average molecular weight is 450 g/mol. The third-order valence-electron chi connectivity index (χ3n) is 9.34. The molecule has 4 aliphatic rings. The summed E-state index contributed by atoms with van der Waals surface area (Å²) in [4.78, 5) is 12.2. The van der Waals surface area contributed by atoms with Crippen LogP contribution < -0.4 is 0 Å².